The molecule has 1 amide bonds. The number of fused-ring (bicyclic) bond motifs is 1. The molecule has 0 fully saturated rings. The first-order chi connectivity index (χ1) is 11.8. The van der Waals surface area contributed by atoms with Crippen molar-refractivity contribution in [3.63, 3.8) is 0 Å². The summed E-state index contributed by atoms with van der Waals surface area (Å²) in [6.45, 7) is 3.29. The lowest BCUT2D eigenvalue weighted by Crippen LogP contribution is -2.52. The highest BCUT2D eigenvalue weighted by Gasteiger charge is 2.44. The van der Waals surface area contributed by atoms with Gasteiger partial charge in [0.25, 0.3) is 11.7 Å². The Kier molecular flexibility index (Phi) is 3.85. The molecule has 1 aromatic carbocycles. The van der Waals surface area contributed by atoms with E-state index in [4.69, 9.17) is 4.74 Å². The number of hydrogen-bond donors (Lipinski definition) is 0. The van der Waals surface area contributed by atoms with Crippen molar-refractivity contribution in [2.24, 2.45) is 0 Å². The van der Waals surface area contributed by atoms with Gasteiger partial charge in [-0.2, -0.15) is 5.26 Å². The SMILES string of the molecule is CC1(C)Oc2ccc([N+](=O)[O-])nc2N(Cc2ccccc2C#N)C1=O. The van der Waals surface area contributed by atoms with Gasteiger partial charge in [0.2, 0.25) is 0 Å². The fourth-order valence-electron chi connectivity index (χ4n) is 2.62. The molecule has 0 unspecified atom stereocenters. The van der Waals surface area contributed by atoms with Crippen LogP contribution in [0.15, 0.2) is 36.4 Å². The third-order valence-electron chi connectivity index (χ3n) is 3.86. The van der Waals surface area contributed by atoms with Crippen molar-refractivity contribution in [1.82, 2.24) is 4.98 Å². The Bertz CT molecular complexity index is 917. The second-order valence-corrected chi connectivity index (χ2v) is 6.02. The van der Waals surface area contributed by atoms with Gasteiger partial charge in [0.1, 0.15) is 0 Å². The monoisotopic (exact) mass is 338 g/mol. The van der Waals surface area contributed by atoms with Gasteiger partial charge in [-0.1, -0.05) is 18.2 Å². The van der Waals surface area contributed by atoms with Crippen LogP contribution < -0.4 is 9.64 Å². The molecule has 8 nitrogen and oxygen atoms in total. The molecule has 0 radical (unpaired) electrons. The van der Waals surface area contributed by atoms with E-state index in [1.807, 2.05) is 0 Å². The van der Waals surface area contributed by atoms with Crippen molar-refractivity contribution in [2.75, 3.05) is 4.90 Å². The van der Waals surface area contributed by atoms with Gasteiger partial charge in [0, 0.05) is 6.07 Å². The Balaban J connectivity index is 2.11. The van der Waals surface area contributed by atoms with Crippen molar-refractivity contribution in [3.8, 4) is 11.8 Å². The van der Waals surface area contributed by atoms with Crippen LogP contribution in [0, 0.1) is 21.4 Å². The van der Waals surface area contributed by atoms with Crippen molar-refractivity contribution in [1.29, 1.82) is 5.26 Å². The summed E-state index contributed by atoms with van der Waals surface area (Å²) in [7, 11) is 0. The maximum absolute atomic E-state index is 12.8. The zero-order valence-corrected chi connectivity index (χ0v) is 13.6. The summed E-state index contributed by atoms with van der Waals surface area (Å²) in [5.41, 5.74) is -0.103. The molecule has 1 aromatic heterocycles. The molecule has 0 saturated carbocycles. The molecular formula is C17H14N4O4. The number of pyridine rings is 1. The highest BCUT2D eigenvalue weighted by Crippen LogP contribution is 2.38. The lowest BCUT2D eigenvalue weighted by Gasteiger charge is -2.36. The van der Waals surface area contributed by atoms with Crippen LogP contribution in [0.4, 0.5) is 11.6 Å². The van der Waals surface area contributed by atoms with E-state index in [-0.39, 0.29) is 29.8 Å². The van der Waals surface area contributed by atoms with Gasteiger partial charge >= 0.3 is 5.82 Å². The van der Waals surface area contributed by atoms with Gasteiger partial charge in [0.15, 0.2) is 11.4 Å². The smallest absolute Gasteiger partial charge is 0.366 e. The number of nitro groups is 1. The normalized spacial score (nSPS) is 15.1. The minimum Gasteiger partial charge on any atom is -0.472 e. The molecule has 25 heavy (non-hydrogen) atoms. The summed E-state index contributed by atoms with van der Waals surface area (Å²) < 4.78 is 5.65. The lowest BCUT2D eigenvalue weighted by molar-refractivity contribution is -0.389. The minimum absolute atomic E-state index is 0.0660. The topological polar surface area (TPSA) is 109 Å². The molecule has 2 aromatic rings. The predicted octanol–water partition coefficient (Wildman–Crippen LogP) is 2.57. The molecule has 0 atom stereocenters. The number of benzene rings is 1. The molecule has 8 heteroatoms. The number of ether oxygens (including phenoxy) is 1. The molecule has 1 aliphatic rings. The fourth-order valence-corrected chi connectivity index (χ4v) is 2.62. The first-order valence-electron chi connectivity index (χ1n) is 7.48. The van der Waals surface area contributed by atoms with Crippen LogP contribution in [0.25, 0.3) is 0 Å². The summed E-state index contributed by atoms with van der Waals surface area (Å²) in [5, 5.41) is 20.3. The van der Waals surface area contributed by atoms with E-state index in [1.54, 1.807) is 38.1 Å². The van der Waals surface area contributed by atoms with E-state index in [2.05, 4.69) is 11.1 Å². The number of nitriles is 1. The average Bonchev–Trinajstić information content (AvgIpc) is 2.58. The molecule has 126 valence electrons. The predicted molar refractivity (Wildman–Crippen MR) is 87.9 cm³/mol. The second-order valence-electron chi connectivity index (χ2n) is 6.02. The quantitative estimate of drug-likeness (QED) is 0.628. The fraction of sp³-hybridized carbons (Fsp3) is 0.235. The number of carbonyl (C=O) groups is 1. The number of rotatable bonds is 3. The van der Waals surface area contributed by atoms with E-state index >= 15 is 0 Å². The molecule has 2 heterocycles. The highest BCUT2D eigenvalue weighted by atomic mass is 16.6. The first kappa shape index (κ1) is 16.4. The number of anilines is 1. The first-order valence-corrected chi connectivity index (χ1v) is 7.48. The van der Waals surface area contributed by atoms with Gasteiger partial charge in [-0.15, -0.1) is 0 Å². The number of nitrogens with zero attached hydrogens (tertiary/aromatic N) is 4. The second kappa shape index (κ2) is 5.87. The molecule has 0 bridgehead atoms. The van der Waals surface area contributed by atoms with Crippen molar-refractivity contribution >= 4 is 17.5 Å². The van der Waals surface area contributed by atoms with E-state index < -0.39 is 10.5 Å². The molecule has 0 saturated heterocycles. The van der Waals surface area contributed by atoms with Gasteiger partial charge in [-0.25, -0.2) is 0 Å². The van der Waals surface area contributed by atoms with E-state index in [0.717, 1.165) is 0 Å². The molecule has 0 N–H and O–H groups in total. The summed E-state index contributed by atoms with van der Waals surface area (Å²) in [5.74, 6) is -0.412. The van der Waals surface area contributed by atoms with E-state index in [9.17, 15) is 20.2 Å². The van der Waals surface area contributed by atoms with Crippen LogP contribution in [0.3, 0.4) is 0 Å². The standard InChI is InChI=1S/C17H14N4O4/c1-17(2)16(22)20(10-12-6-4-3-5-11(12)9-18)15-13(25-17)7-8-14(19-15)21(23)24/h3-8H,10H2,1-2H3. The maximum atomic E-state index is 12.8. The van der Waals surface area contributed by atoms with Crippen LogP contribution in [-0.4, -0.2) is 21.4 Å². The van der Waals surface area contributed by atoms with Crippen molar-refractivity contribution in [2.45, 2.75) is 26.0 Å². The number of hydrogen-bond acceptors (Lipinski definition) is 6. The largest absolute Gasteiger partial charge is 0.472 e. The zero-order valence-electron chi connectivity index (χ0n) is 13.6. The summed E-state index contributed by atoms with van der Waals surface area (Å²) in [4.78, 5) is 28.5. The average molecular weight is 338 g/mol. The van der Waals surface area contributed by atoms with Gasteiger partial charge in [-0.3, -0.25) is 9.69 Å². The number of amides is 1. The Morgan fingerprint density at radius 2 is 2.04 bits per heavy atom. The minimum atomic E-state index is -1.15. The van der Waals surface area contributed by atoms with Crippen LogP contribution in [-0.2, 0) is 11.3 Å². The van der Waals surface area contributed by atoms with E-state index in [0.29, 0.717) is 11.1 Å². The van der Waals surface area contributed by atoms with E-state index in [1.165, 1.54) is 17.0 Å². The molecule has 3 rings (SSSR count). The number of carbonyl (C=O) groups excluding carboxylic acids is 1. The Hall–Kier alpha value is -3.47. The summed E-state index contributed by atoms with van der Waals surface area (Å²) in [6, 6.07) is 11.6. The molecule has 0 aliphatic carbocycles. The van der Waals surface area contributed by atoms with Gasteiger partial charge < -0.3 is 14.9 Å². The van der Waals surface area contributed by atoms with Crippen LogP contribution in [0.1, 0.15) is 25.0 Å². The lowest BCUT2D eigenvalue weighted by atomic mass is 10.0. The van der Waals surface area contributed by atoms with Gasteiger partial charge in [0.05, 0.1) is 18.2 Å². The summed E-state index contributed by atoms with van der Waals surface area (Å²) >= 11 is 0. The maximum Gasteiger partial charge on any atom is 0.366 e. The third kappa shape index (κ3) is 2.87. The van der Waals surface area contributed by atoms with Crippen LogP contribution in [0.5, 0.6) is 5.75 Å². The molecule has 0 spiro atoms. The highest BCUT2D eigenvalue weighted by molar-refractivity contribution is 6.01. The Labute approximate surface area is 143 Å². The summed E-state index contributed by atoms with van der Waals surface area (Å²) in [6.07, 6.45) is 0. The van der Waals surface area contributed by atoms with Crippen LogP contribution >= 0.6 is 0 Å². The van der Waals surface area contributed by atoms with Crippen LogP contribution in [0.2, 0.25) is 0 Å². The Morgan fingerprint density at radius 3 is 2.72 bits per heavy atom. The molecule has 1 aliphatic heterocycles. The van der Waals surface area contributed by atoms with Crippen molar-refractivity contribution in [3.05, 3.63) is 57.6 Å². The van der Waals surface area contributed by atoms with Gasteiger partial charge in [-0.05, 0) is 41.5 Å². The third-order valence-corrected chi connectivity index (χ3v) is 3.86. The Morgan fingerprint density at radius 1 is 1.32 bits per heavy atom. The zero-order chi connectivity index (χ0) is 18.2. The molecular weight excluding hydrogens is 324 g/mol. The number of aromatic nitrogens is 1. The van der Waals surface area contributed by atoms with Crippen molar-refractivity contribution < 1.29 is 14.5 Å².